The van der Waals surface area contributed by atoms with Gasteiger partial charge >= 0.3 is 6.03 Å². The molecule has 20 heavy (non-hydrogen) atoms. The Labute approximate surface area is 125 Å². The van der Waals surface area contributed by atoms with E-state index in [0.29, 0.717) is 11.7 Å². The number of rotatable bonds is 4. The van der Waals surface area contributed by atoms with E-state index >= 15 is 0 Å². The molecule has 0 aliphatic carbocycles. The molecular weight excluding hydrogens is 324 g/mol. The van der Waals surface area contributed by atoms with Crippen LogP contribution < -0.4 is 10.6 Å². The minimum absolute atomic E-state index is 0.100. The molecule has 1 heterocycles. The maximum absolute atomic E-state index is 11.8. The van der Waals surface area contributed by atoms with Crippen molar-refractivity contribution in [3.8, 4) is 0 Å². The molecular formula is C13H15BrN4O2. The Balaban J connectivity index is 1.85. The number of nitrogens with zero attached hydrogens (tertiary/aromatic N) is 2. The lowest BCUT2D eigenvalue weighted by atomic mass is 10.1. The standard InChI is InChI=1S/C13H15BrN4O2/c1-8(10-4-3-5-11(14)6-10)16-13(19)15-7-12-17-9(2)18-20-12/h3-6,8H,7H2,1-2H3,(H2,15,16,19)/t8-/m1/s1. The summed E-state index contributed by atoms with van der Waals surface area (Å²) in [6.07, 6.45) is 0. The van der Waals surface area contributed by atoms with E-state index in [1.54, 1.807) is 6.92 Å². The highest BCUT2D eigenvalue weighted by Crippen LogP contribution is 2.17. The summed E-state index contributed by atoms with van der Waals surface area (Å²) in [6.45, 7) is 3.85. The molecule has 1 atom stereocenters. The molecule has 0 aliphatic rings. The van der Waals surface area contributed by atoms with E-state index < -0.39 is 0 Å². The molecule has 0 spiro atoms. The molecule has 1 aromatic carbocycles. The van der Waals surface area contributed by atoms with Gasteiger partial charge in [0.2, 0.25) is 5.89 Å². The molecule has 0 radical (unpaired) electrons. The Morgan fingerprint density at radius 1 is 1.50 bits per heavy atom. The van der Waals surface area contributed by atoms with Crippen LogP contribution >= 0.6 is 15.9 Å². The van der Waals surface area contributed by atoms with Crippen molar-refractivity contribution in [3.63, 3.8) is 0 Å². The Kier molecular flexibility index (Phi) is 4.73. The molecule has 1 aromatic heterocycles. The van der Waals surface area contributed by atoms with Gasteiger partial charge in [-0.05, 0) is 31.5 Å². The second-order valence-electron chi connectivity index (χ2n) is 4.34. The smallest absolute Gasteiger partial charge is 0.315 e. The van der Waals surface area contributed by atoms with Gasteiger partial charge in [-0.1, -0.05) is 33.2 Å². The van der Waals surface area contributed by atoms with E-state index in [9.17, 15) is 4.79 Å². The number of hydrogen-bond acceptors (Lipinski definition) is 4. The zero-order valence-electron chi connectivity index (χ0n) is 11.2. The minimum atomic E-state index is -0.284. The first-order valence-electron chi connectivity index (χ1n) is 6.13. The van der Waals surface area contributed by atoms with Crippen molar-refractivity contribution >= 4 is 22.0 Å². The first-order valence-corrected chi connectivity index (χ1v) is 6.93. The number of halogens is 1. The van der Waals surface area contributed by atoms with Crippen LogP contribution in [0.15, 0.2) is 33.3 Å². The molecule has 6 nitrogen and oxygen atoms in total. The summed E-state index contributed by atoms with van der Waals surface area (Å²) in [6, 6.07) is 7.40. The van der Waals surface area contributed by atoms with E-state index in [0.717, 1.165) is 10.0 Å². The Hall–Kier alpha value is -1.89. The van der Waals surface area contributed by atoms with Crippen LogP contribution in [0, 0.1) is 6.92 Å². The van der Waals surface area contributed by atoms with Crippen LogP contribution in [0.1, 0.15) is 30.2 Å². The highest BCUT2D eigenvalue weighted by Gasteiger charge is 2.10. The number of carbonyl (C=O) groups is 1. The van der Waals surface area contributed by atoms with E-state index in [1.807, 2.05) is 31.2 Å². The number of aromatic nitrogens is 2. The second kappa shape index (κ2) is 6.51. The van der Waals surface area contributed by atoms with Gasteiger partial charge in [0.05, 0.1) is 12.6 Å². The average Bonchev–Trinajstić information content (AvgIpc) is 2.82. The number of nitrogens with one attached hydrogen (secondary N) is 2. The van der Waals surface area contributed by atoms with Gasteiger partial charge in [0.15, 0.2) is 5.82 Å². The second-order valence-corrected chi connectivity index (χ2v) is 5.25. The first-order chi connectivity index (χ1) is 9.54. The molecule has 106 valence electrons. The van der Waals surface area contributed by atoms with Gasteiger partial charge in [-0.25, -0.2) is 4.79 Å². The van der Waals surface area contributed by atoms with Crippen LogP contribution in [0.2, 0.25) is 0 Å². The van der Waals surface area contributed by atoms with Gasteiger partial charge in [-0.2, -0.15) is 4.98 Å². The van der Waals surface area contributed by atoms with E-state index in [2.05, 4.69) is 36.7 Å². The van der Waals surface area contributed by atoms with Crippen molar-refractivity contribution in [2.24, 2.45) is 0 Å². The molecule has 7 heteroatoms. The lowest BCUT2D eigenvalue weighted by Gasteiger charge is -2.14. The van der Waals surface area contributed by atoms with Crippen molar-refractivity contribution in [2.45, 2.75) is 26.4 Å². The van der Waals surface area contributed by atoms with E-state index in [-0.39, 0.29) is 18.6 Å². The molecule has 2 N–H and O–H groups in total. The highest BCUT2D eigenvalue weighted by molar-refractivity contribution is 9.10. The number of urea groups is 1. The monoisotopic (exact) mass is 338 g/mol. The first kappa shape index (κ1) is 14.5. The number of carbonyl (C=O) groups excluding carboxylic acids is 1. The summed E-state index contributed by atoms with van der Waals surface area (Å²) in [5, 5.41) is 9.16. The number of hydrogen-bond donors (Lipinski definition) is 2. The van der Waals surface area contributed by atoms with Crippen LogP contribution in [0.3, 0.4) is 0 Å². The fraction of sp³-hybridized carbons (Fsp3) is 0.308. The SMILES string of the molecule is Cc1noc(CNC(=O)N[C@H](C)c2cccc(Br)c2)n1. The zero-order valence-corrected chi connectivity index (χ0v) is 12.8. The van der Waals surface area contributed by atoms with Gasteiger partial charge in [0.1, 0.15) is 0 Å². The van der Waals surface area contributed by atoms with Crippen LogP contribution in [0.4, 0.5) is 4.79 Å². The number of aryl methyl sites for hydroxylation is 1. The minimum Gasteiger partial charge on any atom is -0.337 e. The van der Waals surface area contributed by atoms with Crippen molar-refractivity contribution in [3.05, 3.63) is 46.0 Å². The number of benzene rings is 1. The summed E-state index contributed by atoms with van der Waals surface area (Å²) >= 11 is 3.40. The van der Waals surface area contributed by atoms with Crippen LogP contribution in [-0.4, -0.2) is 16.2 Å². The Bertz CT molecular complexity index is 600. The van der Waals surface area contributed by atoms with E-state index in [1.165, 1.54) is 0 Å². The normalized spacial score (nSPS) is 11.9. The number of amides is 2. The van der Waals surface area contributed by atoms with Crippen molar-refractivity contribution in [1.29, 1.82) is 0 Å². The summed E-state index contributed by atoms with van der Waals surface area (Å²) in [5.74, 6) is 0.928. The molecule has 0 fully saturated rings. The van der Waals surface area contributed by atoms with Gasteiger partial charge < -0.3 is 15.2 Å². The predicted molar refractivity (Wildman–Crippen MR) is 77.0 cm³/mol. The maximum atomic E-state index is 11.8. The van der Waals surface area contributed by atoms with Crippen molar-refractivity contribution < 1.29 is 9.32 Å². The van der Waals surface area contributed by atoms with Gasteiger partial charge in [0.25, 0.3) is 0 Å². The van der Waals surface area contributed by atoms with Gasteiger partial charge in [-0.15, -0.1) is 0 Å². The zero-order chi connectivity index (χ0) is 14.5. The van der Waals surface area contributed by atoms with E-state index in [4.69, 9.17) is 4.52 Å². The van der Waals surface area contributed by atoms with Crippen molar-refractivity contribution in [2.75, 3.05) is 0 Å². The summed E-state index contributed by atoms with van der Waals surface area (Å²) < 4.78 is 5.89. The fourth-order valence-electron chi connectivity index (χ4n) is 1.67. The van der Waals surface area contributed by atoms with Crippen LogP contribution in [-0.2, 0) is 6.54 Å². The van der Waals surface area contributed by atoms with Crippen molar-refractivity contribution in [1.82, 2.24) is 20.8 Å². The summed E-state index contributed by atoms with van der Waals surface area (Å²) in [4.78, 5) is 15.8. The predicted octanol–water partition coefficient (Wildman–Crippen LogP) is 2.70. The van der Waals surface area contributed by atoms with Crippen LogP contribution in [0.25, 0.3) is 0 Å². The molecule has 0 unspecified atom stereocenters. The molecule has 2 rings (SSSR count). The molecule has 0 saturated heterocycles. The maximum Gasteiger partial charge on any atom is 0.315 e. The molecule has 0 aliphatic heterocycles. The molecule has 2 aromatic rings. The third-order valence-electron chi connectivity index (χ3n) is 2.67. The Morgan fingerprint density at radius 3 is 2.95 bits per heavy atom. The molecule has 0 saturated carbocycles. The van der Waals surface area contributed by atoms with Gasteiger partial charge in [-0.3, -0.25) is 0 Å². The third kappa shape index (κ3) is 4.06. The quantitative estimate of drug-likeness (QED) is 0.898. The van der Waals surface area contributed by atoms with Gasteiger partial charge in [0, 0.05) is 4.47 Å². The topological polar surface area (TPSA) is 80.0 Å². The fourth-order valence-corrected chi connectivity index (χ4v) is 2.09. The Morgan fingerprint density at radius 2 is 2.30 bits per heavy atom. The molecule has 2 amide bonds. The lowest BCUT2D eigenvalue weighted by Crippen LogP contribution is -2.36. The third-order valence-corrected chi connectivity index (χ3v) is 3.16. The van der Waals surface area contributed by atoms with Crippen LogP contribution in [0.5, 0.6) is 0 Å². The summed E-state index contributed by atoms with van der Waals surface area (Å²) in [7, 11) is 0. The largest absolute Gasteiger partial charge is 0.337 e. The lowest BCUT2D eigenvalue weighted by molar-refractivity contribution is 0.235. The highest BCUT2D eigenvalue weighted by atomic mass is 79.9. The molecule has 0 bridgehead atoms. The average molecular weight is 339 g/mol. The summed E-state index contributed by atoms with van der Waals surface area (Å²) in [5.41, 5.74) is 1.02.